The summed E-state index contributed by atoms with van der Waals surface area (Å²) in [5.41, 5.74) is 0.0219. The number of sulfonamides is 1. The van der Waals surface area contributed by atoms with Gasteiger partial charge in [-0.2, -0.15) is 4.72 Å². The smallest absolute Gasteiger partial charge is 0.325 e. The van der Waals surface area contributed by atoms with Crippen molar-refractivity contribution in [3.8, 4) is 10.4 Å². The van der Waals surface area contributed by atoms with Gasteiger partial charge in [-0.25, -0.2) is 8.42 Å². The highest BCUT2D eigenvalue weighted by Crippen LogP contribution is 2.58. The van der Waals surface area contributed by atoms with Gasteiger partial charge >= 0.3 is 5.97 Å². The van der Waals surface area contributed by atoms with Gasteiger partial charge in [-0.3, -0.25) is 4.79 Å². The van der Waals surface area contributed by atoms with E-state index in [1.807, 2.05) is 61.5 Å². The summed E-state index contributed by atoms with van der Waals surface area (Å²) in [5.74, 6) is -1.18. The van der Waals surface area contributed by atoms with Crippen LogP contribution in [0.5, 0.6) is 0 Å². The number of hydrogen-bond acceptors (Lipinski definition) is 5. The minimum atomic E-state index is -4.05. The third-order valence-corrected chi connectivity index (χ3v) is 9.52. The van der Waals surface area contributed by atoms with Gasteiger partial charge in [0.25, 0.3) is 10.0 Å². The van der Waals surface area contributed by atoms with E-state index in [0.717, 1.165) is 33.0 Å². The summed E-state index contributed by atoms with van der Waals surface area (Å²) >= 11 is 7.33. The number of aliphatic carboxylic acids is 1. The maximum Gasteiger partial charge on any atom is 0.325 e. The van der Waals surface area contributed by atoms with Crippen molar-refractivity contribution in [2.24, 2.45) is 0 Å². The third kappa shape index (κ3) is 3.71. The van der Waals surface area contributed by atoms with E-state index in [0.29, 0.717) is 5.02 Å². The first kappa shape index (κ1) is 22.8. The van der Waals surface area contributed by atoms with Crippen LogP contribution in [0, 0.1) is 0 Å². The van der Waals surface area contributed by atoms with Gasteiger partial charge in [0.2, 0.25) is 0 Å². The summed E-state index contributed by atoms with van der Waals surface area (Å²) in [7, 11) is -0.292. The fourth-order valence-electron chi connectivity index (χ4n) is 4.05. The van der Waals surface area contributed by atoms with E-state index in [2.05, 4.69) is 4.72 Å². The number of carboxylic acids is 1. The molecule has 1 aliphatic carbocycles. The van der Waals surface area contributed by atoms with Crippen molar-refractivity contribution in [3.05, 3.63) is 71.2 Å². The number of halogens is 1. The average Bonchev–Trinajstić information content (AvgIpc) is 3.11. The van der Waals surface area contributed by atoms with E-state index in [1.54, 1.807) is 19.1 Å². The average molecular weight is 491 g/mol. The van der Waals surface area contributed by atoms with Gasteiger partial charge in [0.05, 0.1) is 10.7 Å². The number of carbonyl (C=O) groups is 1. The number of benzene rings is 2. The van der Waals surface area contributed by atoms with Gasteiger partial charge in [0.1, 0.15) is 9.75 Å². The van der Waals surface area contributed by atoms with Crippen LogP contribution in [-0.4, -0.2) is 39.1 Å². The molecule has 1 aromatic heterocycles. The number of thiophene rings is 1. The van der Waals surface area contributed by atoms with Crippen LogP contribution in [0.2, 0.25) is 5.02 Å². The third-order valence-electron chi connectivity index (χ3n) is 6.08. The van der Waals surface area contributed by atoms with E-state index >= 15 is 0 Å². The van der Waals surface area contributed by atoms with E-state index in [1.165, 1.54) is 6.07 Å². The molecule has 3 aromatic rings. The molecule has 168 valence electrons. The Bertz CT molecular complexity index is 1290. The maximum absolute atomic E-state index is 13.2. The second-order valence-corrected chi connectivity index (χ2v) is 11.8. The van der Waals surface area contributed by atoms with Gasteiger partial charge in [-0.1, -0.05) is 54.9 Å². The first-order valence-electron chi connectivity index (χ1n) is 9.90. The second kappa shape index (κ2) is 7.88. The van der Waals surface area contributed by atoms with Crippen molar-refractivity contribution in [2.45, 2.75) is 28.5 Å². The highest BCUT2D eigenvalue weighted by atomic mass is 35.5. The summed E-state index contributed by atoms with van der Waals surface area (Å²) in [4.78, 5) is 14.8. The molecule has 0 saturated heterocycles. The molecule has 2 aromatic carbocycles. The molecule has 0 spiro atoms. The highest BCUT2D eigenvalue weighted by Gasteiger charge is 2.72. The molecule has 9 heteroatoms. The maximum atomic E-state index is 13.2. The van der Waals surface area contributed by atoms with Crippen LogP contribution in [0.15, 0.2) is 64.9 Å². The monoisotopic (exact) mass is 490 g/mol. The van der Waals surface area contributed by atoms with Gasteiger partial charge in [-0.05, 0) is 41.8 Å². The van der Waals surface area contributed by atoms with Crippen molar-refractivity contribution < 1.29 is 18.3 Å². The van der Waals surface area contributed by atoms with Crippen molar-refractivity contribution in [1.82, 2.24) is 4.72 Å². The number of carboxylic acid groups (broad SMARTS) is 1. The van der Waals surface area contributed by atoms with Crippen LogP contribution in [0.25, 0.3) is 10.4 Å². The fourth-order valence-corrected chi connectivity index (χ4v) is 7.10. The van der Waals surface area contributed by atoms with E-state index in [9.17, 15) is 18.3 Å². The Morgan fingerprint density at radius 1 is 1.12 bits per heavy atom. The van der Waals surface area contributed by atoms with E-state index < -0.39 is 26.9 Å². The molecule has 0 unspecified atom stereocenters. The number of hydrogen-bond donors (Lipinski definition) is 2. The lowest BCUT2D eigenvalue weighted by atomic mass is 9.93. The van der Waals surface area contributed by atoms with Crippen LogP contribution in [-0.2, 0) is 20.2 Å². The minimum Gasteiger partial charge on any atom is -0.480 e. The largest absolute Gasteiger partial charge is 0.480 e. The van der Waals surface area contributed by atoms with Gasteiger partial charge < -0.3 is 10.0 Å². The Morgan fingerprint density at radius 3 is 2.44 bits per heavy atom. The first-order valence-corrected chi connectivity index (χ1v) is 12.6. The van der Waals surface area contributed by atoms with Gasteiger partial charge in [-0.15, -0.1) is 11.3 Å². The molecule has 6 nitrogen and oxygen atoms in total. The summed E-state index contributed by atoms with van der Waals surface area (Å²) in [6.07, 6.45) is 0.181. The number of nitrogens with one attached hydrogen (secondary N) is 1. The molecule has 1 aliphatic rings. The lowest BCUT2D eigenvalue weighted by Crippen LogP contribution is -2.47. The Kier molecular flexibility index (Phi) is 5.61. The zero-order chi connectivity index (χ0) is 23.3. The van der Waals surface area contributed by atoms with Gasteiger partial charge in [0.15, 0.2) is 0 Å². The zero-order valence-corrected chi connectivity index (χ0v) is 20.2. The molecular weight excluding hydrogens is 468 g/mol. The summed E-state index contributed by atoms with van der Waals surface area (Å²) in [6.45, 7) is 1.77. The quantitative estimate of drug-likeness (QED) is 0.505. The molecule has 0 amide bonds. The molecular formula is C23H23ClN2O4S2. The molecule has 2 atom stereocenters. The predicted molar refractivity (Wildman–Crippen MR) is 128 cm³/mol. The Labute approximate surface area is 196 Å². The van der Waals surface area contributed by atoms with Crippen LogP contribution in [0.3, 0.4) is 0 Å². The molecule has 1 saturated carbocycles. The number of nitrogens with zero attached hydrogens (tertiary/aromatic N) is 1. The van der Waals surface area contributed by atoms with E-state index in [-0.39, 0.29) is 10.6 Å². The fraction of sp³-hybridized carbons (Fsp3) is 0.261. The predicted octanol–water partition coefficient (Wildman–Crippen LogP) is 4.60. The summed E-state index contributed by atoms with van der Waals surface area (Å²) in [5, 5.41) is 10.6. The summed E-state index contributed by atoms with van der Waals surface area (Å²) in [6, 6.07) is 17.8. The van der Waals surface area contributed by atoms with Crippen LogP contribution in [0.1, 0.15) is 18.9 Å². The van der Waals surface area contributed by atoms with E-state index in [4.69, 9.17) is 11.6 Å². The molecule has 1 fully saturated rings. The lowest BCUT2D eigenvalue weighted by molar-refractivity contribution is -0.140. The van der Waals surface area contributed by atoms with Crippen LogP contribution < -0.4 is 9.62 Å². The summed E-state index contributed by atoms with van der Waals surface area (Å²) < 4.78 is 29.0. The molecule has 32 heavy (non-hydrogen) atoms. The Balaban J connectivity index is 1.65. The number of rotatable bonds is 7. The molecule has 0 aliphatic heterocycles. The SMILES string of the molecule is CN(C)c1cc(-c2ccc(S(=O)(=O)N[C@@]3(C(=O)O)C[C@]3(C)c3ccccc3)s2)ccc1Cl. The lowest BCUT2D eigenvalue weighted by Gasteiger charge is -2.20. The second-order valence-electron chi connectivity index (χ2n) is 8.37. The van der Waals surface area contributed by atoms with Crippen molar-refractivity contribution in [2.75, 3.05) is 19.0 Å². The molecule has 4 rings (SSSR count). The van der Waals surface area contributed by atoms with Crippen LogP contribution >= 0.6 is 22.9 Å². The van der Waals surface area contributed by atoms with Crippen LogP contribution in [0.4, 0.5) is 5.69 Å². The number of anilines is 1. The molecule has 1 heterocycles. The molecule has 0 radical (unpaired) electrons. The standard InChI is InChI=1S/C23H23ClN2O4S2/c1-22(16-7-5-4-6-8-16)14-23(22,21(27)28)25-32(29,30)20-12-11-19(31-20)15-9-10-17(24)18(13-15)26(2)3/h4-13,25H,14H2,1-3H3,(H,27,28)/t22-,23-/m1/s1. The Hall–Kier alpha value is -2.39. The van der Waals surface area contributed by atoms with Crippen molar-refractivity contribution in [3.63, 3.8) is 0 Å². The first-order chi connectivity index (χ1) is 15.0. The normalized spacial score (nSPS) is 22.5. The highest BCUT2D eigenvalue weighted by molar-refractivity contribution is 7.91. The Morgan fingerprint density at radius 2 is 1.81 bits per heavy atom. The topological polar surface area (TPSA) is 86.7 Å². The van der Waals surface area contributed by atoms with Crippen molar-refractivity contribution in [1.29, 1.82) is 0 Å². The van der Waals surface area contributed by atoms with Crippen molar-refractivity contribution >= 4 is 44.6 Å². The minimum absolute atomic E-state index is 0.0665. The molecule has 2 N–H and O–H groups in total. The molecule has 0 bridgehead atoms. The zero-order valence-electron chi connectivity index (χ0n) is 17.8. The van der Waals surface area contributed by atoms with Gasteiger partial charge in [0, 0.05) is 24.4 Å².